The van der Waals surface area contributed by atoms with Crippen LogP contribution < -0.4 is 4.90 Å². The van der Waals surface area contributed by atoms with Crippen LogP contribution in [0.2, 0.25) is 5.72 Å². The lowest BCUT2D eigenvalue weighted by molar-refractivity contribution is 0.00578. The quantitative estimate of drug-likeness (QED) is 0.372. The number of para-hydroxylation sites is 1. The number of anilines is 1. The van der Waals surface area contributed by atoms with E-state index in [9.17, 15) is 0 Å². The minimum Gasteiger partial charge on any atom is -0.403 e. The van der Waals surface area contributed by atoms with E-state index in [1.807, 2.05) is 0 Å². The van der Waals surface area contributed by atoms with Gasteiger partial charge in [0.1, 0.15) is 0 Å². The molecule has 0 radical (unpaired) electrons. The van der Waals surface area contributed by atoms with Gasteiger partial charge < -0.3 is 23.5 Å². The van der Waals surface area contributed by atoms with Gasteiger partial charge in [-0.25, -0.2) is 0 Å². The molecular formula is C26H43B2NO4. The molecule has 2 saturated heterocycles. The van der Waals surface area contributed by atoms with Crippen molar-refractivity contribution in [2.75, 3.05) is 18.0 Å². The highest BCUT2D eigenvalue weighted by Gasteiger charge is 2.61. The molecule has 0 spiro atoms. The molecule has 0 amide bonds. The zero-order valence-corrected chi connectivity index (χ0v) is 22.1. The average Bonchev–Trinajstić information content (AvgIpc) is 3.27. The molecule has 33 heavy (non-hydrogen) atoms. The third-order valence-corrected chi connectivity index (χ3v) is 8.69. The number of benzene rings is 1. The molecule has 0 saturated carbocycles. The first-order valence-corrected chi connectivity index (χ1v) is 12.9. The average molecular weight is 455 g/mol. The Kier molecular flexibility index (Phi) is 6.76. The molecule has 7 heteroatoms. The van der Waals surface area contributed by atoms with E-state index in [0.29, 0.717) is 0 Å². The Morgan fingerprint density at radius 3 is 1.82 bits per heavy atom. The number of fused-ring (bicyclic) bond motifs is 1. The van der Waals surface area contributed by atoms with Crippen LogP contribution in [-0.4, -0.2) is 49.7 Å². The van der Waals surface area contributed by atoms with Crippen LogP contribution in [0.5, 0.6) is 0 Å². The van der Waals surface area contributed by atoms with Crippen LogP contribution in [0.25, 0.3) is 0 Å². The van der Waals surface area contributed by atoms with Crippen molar-refractivity contribution in [2.24, 2.45) is 0 Å². The summed E-state index contributed by atoms with van der Waals surface area (Å²) in [5, 5.41) is 0. The molecule has 1 aromatic carbocycles. The van der Waals surface area contributed by atoms with Gasteiger partial charge in [-0.15, -0.1) is 0 Å². The zero-order valence-electron chi connectivity index (χ0n) is 22.1. The highest BCUT2D eigenvalue weighted by atomic mass is 16.7. The van der Waals surface area contributed by atoms with E-state index in [4.69, 9.17) is 18.6 Å². The molecule has 3 aliphatic rings. The maximum atomic E-state index is 6.46. The number of hydrogen-bond acceptors (Lipinski definition) is 5. The van der Waals surface area contributed by atoms with Gasteiger partial charge in [-0.1, -0.05) is 37.5 Å². The lowest BCUT2D eigenvalue weighted by atomic mass is 9.50. The van der Waals surface area contributed by atoms with Crippen LogP contribution in [0.3, 0.4) is 0 Å². The van der Waals surface area contributed by atoms with Crippen molar-refractivity contribution in [3.05, 3.63) is 29.8 Å². The van der Waals surface area contributed by atoms with Crippen LogP contribution in [0, 0.1) is 0 Å². The molecule has 0 aromatic heterocycles. The van der Waals surface area contributed by atoms with Crippen LogP contribution in [-0.2, 0) is 25.0 Å². The second-order valence-electron chi connectivity index (χ2n) is 12.1. The first-order valence-electron chi connectivity index (χ1n) is 12.9. The van der Waals surface area contributed by atoms with E-state index in [2.05, 4.69) is 84.6 Å². The second kappa shape index (κ2) is 8.89. The number of nitrogens with zero attached hydrogens (tertiary/aromatic N) is 1. The fourth-order valence-electron chi connectivity index (χ4n) is 5.03. The standard InChI is InChI=1S/C26H43B2NO4/c1-23(2)24(3,4)31-27(30-23)22(28-32-25(5,6)26(7,8)33-28)16-10-9-13-18-29-19-17-20-14-11-12-15-21(20)29/h11-12,14-15,22H,9-10,13,16-19H2,1-8H3. The Morgan fingerprint density at radius 1 is 0.758 bits per heavy atom. The minimum atomic E-state index is -0.358. The summed E-state index contributed by atoms with van der Waals surface area (Å²) in [6.45, 7) is 19.2. The molecule has 4 rings (SSSR count). The molecule has 5 nitrogen and oxygen atoms in total. The smallest absolute Gasteiger partial charge is 0.403 e. The van der Waals surface area contributed by atoms with Gasteiger partial charge in [0.15, 0.2) is 0 Å². The van der Waals surface area contributed by atoms with Gasteiger partial charge >= 0.3 is 14.2 Å². The minimum absolute atomic E-state index is 0.0413. The highest BCUT2D eigenvalue weighted by molar-refractivity contribution is 6.68. The van der Waals surface area contributed by atoms with Crippen LogP contribution in [0.1, 0.15) is 86.6 Å². The van der Waals surface area contributed by atoms with E-state index in [1.54, 1.807) is 0 Å². The Hall–Kier alpha value is -1.01. The lowest BCUT2D eigenvalue weighted by Crippen LogP contribution is -2.41. The summed E-state index contributed by atoms with van der Waals surface area (Å²) >= 11 is 0. The Morgan fingerprint density at radius 2 is 1.27 bits per heavy atom. The van der Waals surface area contributed by atoms with Crippen molar-refractivity contribution in [1.82, 2.24) is 0 Å². The van der Waals surface area contributed by atoms with Gasteiger partial charge in [0.05, 0.1) is 22.4 Å². The molecule has 0 N–H and O–H groups in total. The van der Waals surface area contributed by atoms with E-state index in [1.165, 1.54) is 30.5 Å². The first-order chi connectivity index (χ1) is 15.3. The van der Waals surface area contributed by atoms with Gasteiger partial charge in [-0.05, 0) is 79.9 Å². The van der Waals surface area contributed by atoms with E-state index >= 15 is 0 Å². The maximum absolute atomic E-state index is 6.46. The largest absolute Gasteiger partial charge is 0.458 e. The van der Waals surface area contributed by atoms with Crippen LogP contribution in [0.15, 0.2) is 24.3 Å². The number of rotatable bonds is 8. The third kappa shape index (κ3) is 4.89. The molecule has 3 heterocycles. The fraction of sp³-hybridized carbons (Fsp3) is 0.769. The monoisotopic (exact) mass is 455 g/mol. The summed E-state index contributed by atoms with van der Waals surface area (Å²) in [5.41, 5.74) is 1.51. The summed E-state index contributed by atoms with van der Waals surface area (Å²) < 4.78 is 25.8. The van der Waals surface area contributed by atoms with E-state index < -0.39 is 0 Å². The van der Waals surface area contributed by atoms with Gasteiger partial charge in [-0.3, -0.25) is 0 Å². The van der Waals surface area contributed by atoms with Crippen molar-refractivity contribution in [3.63, 3.8) is 0 Å². The molecule has 0 atom stereocenters. The first kappa shape index (κ1) is 25.1. The van der Waals surface area contributed by atoms with Gasteiger partial charge in [-0.2, -0.15) is 0 Å². The summed E-state index contributed by atoms with van der Waals surface area (Å²) in [4.78, 5) is 2.54. The Balaban J connectivity index is 1.36. The molecule has 0 bridgehead atoms. The molecule has 2 fully saturated rings. The van der Waals surface area contributed by atoms with E-state index in [-0.39, 0.29) is 42.4 Å². The van der Waals surface area contributed by atoms with E-state index in [0.717, 1.165) is 25.9 Å². The Bertz CT molecular complexity index is 773. The molecular weight excluding hydrogens is 412 g/mol. The third-order valence-electron chi connectivity index (χ3n) is 8.69. The summed E-state index contributed by atoms with van der Waals surface area (Å²) in [7, 11) is -0.648. The van der Waals surface area contributed by atoms with Crippen molar-refractivity contribution < 1.29 is 18.6 Å². The second-order valence-corrected chi connectivity index (χ2v) is 12.1. The molecule has 0 unspecified atom stereocenters. The van der Waals surface area contributed by atoms with Crippen molar-refractivity contribution in [2.45, 2.75) is 116 Å². The van der Waals surface area contributed by atoms with Gasteiger partial charge in [0.25, 0.3) is 0 Å². The normalized spacial score (nSPS) is 24.7. The SMILES string of the molecule is CC1(C)OB(C(CCCCCN2CCc3ccccc32)B2OC(C)(C)C(C)(C)O2)OC1(C)C. The summed E-state index contributed by atoms with van der Waals surface area (Å²) in [6.07, 6.45) is 5.60. The maximum Gasteiger partial charge on any atom is 0.458 e. The highest BCUT2D eigenvalue weighted by Crippen LogP contribution is 2.46. The molecule has 182 valence electrons. The van der Waals surface area contributed by atoms with Crippen LogP contribution in [0.4, 0.5) is 5.69 Å². The predicted octanol–water partition coefficient (Wildman–Crippen LogP) is 5.70. The number of unbranched alkanes of at least 4 members (excludes halogenated alkanes) is 2. The molecule has 0 aliphatic carbocycles. The Labute approximate surface area is 202 Å². The summed E-state index contributed by atoms with van der Waals surface area (Å²) in [5.74, 6) is 0. The molecule has 1 aromatic rings. The predicted molar refractivity (Wildman–Crippen MR) is 137 cm³/mol. The van der Waals surface area contributed by atoms with Gasteiger partial charge in [0.2, 0.25) is 0 Å². The van der Waals surface area contributed by atoms with Crippen molar-refractivity contribution in [1.29, 1.82) is 0 Å². The molecule has 3 aliphatic heterocycles. The lowest BCUT2D eigenvalue weighted by Gasteiger charge is -2.32. The number of hydrogen-bond donors (Lipinski definition) is 0. The van der Waals surface area contributed by atoms with Gasteiger partial charge in [0, 0.05) is 24.5 Å². The summed E-state index contributed by atoms with van der Waals surface area (Å²) in [6, 6.07) is 8.81. The fourth-order valence-corrected chi connectivity index (χ4v) is 5.03. The zero-order chi connectivity index (χ0) is 24.1. The van der Waals surface area contributed by atoms with Crippen molar-refractivity contribution in [3.8, 4) is 0 Å². The van der Waals surface area contributed by atoms with Crippen molar-refractivity contribution >= 4 is 19.9 Å². The van der Waals surface area contributed by atoms with Crippen LogP contribution >= 0.6 is 0 Å². The topological polar surface area (TPSA) is 40.2 Å².